The second-order valence-corrected chi connectivity index (χ2v) is 4.39. The van der Waals surface area contributed by atoms with Crippen LogP contribution >= 0.6 is 0 Å². The van der Waals surface area contributed by atoms with E-state index in [9.17, 15) is 9.59 Å². The molecule has 0 radical (unpaired) electrons. The van der Waals surface area contributed by atoms with Gasteiger partial charge in [0.25, 0.3) is 5.91 Å². The van der Waals surface area contributed by atoms with Gasteiger partial charge in [0.2, 0.25) is 0 Å². The maximum absolute atomic E-state index is 12.0. The summed E-state index contributed by atoms with van der Waals surface area (Å²) in [7, 11) is 0. The summed E-state index contributed by atoms with van der Waals surface area (Å²) in [6, 6.07) is 7.70. The molecule has 20 heavy (non-hydrogen) atoms. The van der Waals surface area contributed by atoms with E-state index in [0.29, 0.717) is 17.6 Å². The van der Waals surface area contributed by atoms with Crippen molar-refractivity contribution >= 4 is 28.5 Å². The van der Waals surface area contributed by atoms with Crippen molar-refractivity contribution in [2.45, 2.75) is 19.4 Å². The lowest BCUT2D eigenvalue weighted by Gasteiger charge is -2.12. The number of anilines is 1. The molecule has 2 aromatic rings. The fourth-order valence-electron chi connectivity index (χ4n) is 1.89. The van der Waals surface area contributed by atoms with Gasteiger partial charge in [-0.05, 0) is 18.6 Å². The number of hydrogen-bond donors (Lipinski definition) is 3. The van der Waals surface area contributed by atoms with Gasteiger partial charge in [0.1, 0.15) is 11.7 Å². The Bertz CT molecular complexity index is 670. The molecule has 0 aliphatic heterocycles. The van der Waals surface area contributed by atoms with Crippen molar-refractivity contribution in [1.29, 1.82) is 0 Å². The molecule has 0 spiro atoms. The Morgan fingerprint density at radius 2 is 2.10 bits per heavy atom. The number of amides is 1. The number of fused-ring (bicyclic) bond motifs is 1. The van der Waals surface area contributed by atoms with Gasteiger partial charge in [0.15, 0.2) is 0 Å². The Balaban J connectivity index is 2.33. The van der Waals surface area contributed by atoms with Gasteiger partial charge in [-0.15, -0.1) is 0 Å². The van der Waals surface area contributed by atoms with Crippen LogP contribution in [-0.2, 0) is 4.79 Å². The Morgan fingerprint density at radius 3 is 2.75 bits per heavy atom. The number of benzene rings is 1. The molecule has 0 saturated heterocycles. The van der Waals surface area contributed by atoms with E-state index >= 15 is 0 Å². The van der Waals surface area contributed by atoms with E-state index in [4.69, 9.17) is 10.8 Å². The zero-order valence-corrected chi connectivity index (χ0v) is 11.0. The predicted molar refractivity (Wildman–Crippen MR) is 75.3 cm³/mol. The van der Waals surface area contributed by atoms with E-state index < -0.39 is 17.9 Å². The highest BCUT2D eigenvalue weighted by Crippen LogP contribution is 2.20. The van der Waals surface area contributed by atoms with Gasteiger partial charge in [0.05, 0.1) is 5.52 Å². The number of rotatable bonds is 4. The van der Waals surface area contributed by atoms with E-state index in [-0.39, 0.29) is 5.69 Å². The number of carbonyl (C=O) groups is 2. The number of carboxylic acids is 1. The highest BCUT2D eigenvalue weighted by molar-refractivity contribution is 6.00. The lowest BCUT2D eigenvalue weighted by molar-refractivity contribution is -0.139. The van der Waals surface area contributed by atoms with Crippen LogP contribution < -0.4 is 11.1 Å². The summed E-state index contributed by atoms with van der Waals surface area (Å²) in [5, 5.41) is 12.1. The van der Waals surface area contributed by atoms with Crippen LogP contribution in [0.5, 0.6) is 0 Å². The first-order valence-electron chi connectivity index (χ1n) is 6.22. The Labute approximate surface area is 115 Å². The van der Waals surface area contributed by atoms with Crippen molar-refractivity contribution in [3.8, 4) is 0 Å². The second-order valence-electron chi connectivity index (χ2n) is 4.39. The molecule has 4 N–H and O–H groups in total. The molecular weight excluding hydrogens is 258 g/mol. The highest BCUT2D eigenvalue weighted by atomic mass is 16.4. The molecule has 6 nitrogen and oxygen atoms in total. The van der Waals surface area contributed by atoms with E-state index in [2.05, 4.69) is 10.3 Å². The van der Waals surface area contributed by atoms with Gasteiger partial charge >= 0.3 is 5.97 Å². The molecule has 0 fully saturated rings. The van der Waals surface area contributed by atoms with E-state index in [1.165, 1.54) is 6.07 Å². The van der Waals surface area contributed by atoms with Crippen molar-refractivity contribution in [2.75, 3.05) is 5.73 Å². The van der Waals surface area contributed by atoms with E-state index in [1.54, 1.807) is 19.1 Å². The molecule has 1 heterocycles. The summed E-state index contributed by atoms with van der Waals surface area (Å²) in [5.74, 6) is -1.62. The van der Waals surface area contributed by atoms with Gasteiger partial charge in [-0.3, -0.25) is 4.79 Å². The van der Waals surface area contributed by atoms with Crippen LogP contribution in [0.15, 0.2) is 30.3 Å². The van der Waals surface area contributed by atoms with E-state index in [1.807, 2.05) is 12.1 Å². The number of hydrogen-bond acceptors (Lipinski definition) is 4. The van der Waals surface area contributed by atoms with Gasteiger partial charge < -0.3 is 16.2 Å². The summed E-state index contributed by atoms with van der Waals surface area (Å²) in [6.07, 6.45) is 0.296. The van der Waals surface area contributed by atoms with Gasteiger partial charge in [-0.1, -0.05) is 25.1 Å². The van der Waals surface area contributed by atoms with Crippen molar-refractivity contribution in [1.82, 2.24) is 10.3 Å². The second kappa shape index (κ2) is 5.56. The molecule has 1 aromatic heterocycles. The number of aromatic nitrogens is 1. The number of carboxylic acid groups (broad SMARTS) is 1. The van der Waals surface area contributed by atoms with Crippen LogP contribution in [0, 0.1) is 0 Å². The molecule has 6 heteroatoms. The van der Waals surface area contributed by atoms with Crippen molar-refractivity contribution < 1.29 is 14.7 Å². The topological polar surface area (TPSA) is 105 Å². The van der Waals surface area contributed by atoms with Crippen LogP contribution in [0.1, 0.15) is 23.8 Å². The summed E-state index contributed by atoms with van der Waals surface area (Å²) in [6.45, 7) is 1.68. The monoisotopic (exact) mass is 273 g/mol. The number of nitrogen functional groups attached to an aromatic ring is 1. The molecule has 1 unspecified atom stereocenters. The first-order valence-corrected chi connectivity index (χ1v) is 6.22. The third-order valence-electron chi connectivity index (χ3n) is 2.99. The molecule has 0 aliphatic rings. The summed E-state index contributed by atoms with van der Waals surface area (Å²) in [4.78, 5) is 27.1. The van der Waals surface area contributed by atoms with Crippen LogP contribution in [0.2, 0.25) is 0 Å². The number of carbonyl (C=O) groups excluding carboxylic acids is 1. The number of nitrogens with zero attached hydrogens (tertiary/aromatic N) is 1. The predicted octanol–water partition coefficient (Wildman–Crippen LogP) is 1.41. The number of nitrogens with one attached hydrogen (secondary N) is 1. The minimum Gasteiger partial charge on any atom is -0.480 e. The lowest BCUT2D eigenvalue weighted by Crippen LogP contribution is -2.40. The number of nitrogens with two attached hydrogens (primary N) is 1. The minimum atomic E-state index is -1.07. The average molecular weight is 273 g/mol. The first kappa shape index (κ1) is 13.8. The smallest absolute Gasteiger partial charge is 0.326 e. The fraction of sp³-hybridized carbons (Fsp3) is 0.214. The SMILES string of the molecule is CCC(NC(=O)c1cc(N)c2ccccc2n1)C(=O)O. The maximum atomic E-state index is 12.0. The molecule has 2 rings (SSSR count). The lowest BCUT2D eigenvalue weighted by atomic mass is 10.1. The molecule has 1 atom stereocenters. The van der Waals surface area contributed by atoms with Crippen LogP contribution in [0.4, 0.5) is 5.69 Å². The van der Waals surface area contributed by atoms with Gasteiger partial charge in [-0.25, -0.2) is 9.78 Å². The quantitative estimate of drug-likeness (QED) is 0.781. The number of aliphatic carboxylic acids is 1. The van der Waals surface area contributed by atoms with Crippen LogP contribution in [0.3, 0.4) is 0 Å². The van der Waals surface area contributed by atoms with Crippen LogP contribution in [-0.4, -0.2) is 28.0 Å². The van der Waals surface area contributed by atoms with Crippen LogP contribution in [0.25, 0.3) is 10.9 Å². The van der Waals surface area contributed by atoms with E-state index in [0.717, 1.165) is 5.39 Å². The number of pyridine rings is 1. The number of para-hydroxylation sites is 1. The zero-order chi connectivity index (χ0) is 14.7. The third-order valence-corrected chi connectivity index (χ3v) is 2.99. The van der Waals surface area contributed by atoms with Crippen molar-refractivity contribution in [2.24, 2.45) is 0 Å². The average Bonchev–Trinajstić information content (AvgIpc) is 2.44. The molecule has 0 saturated carbocycles. The van der Waals surface area contributed by atoms with Gasteiger partial charge in [0, 0.05) is 11.1 Å². The molecule has 0 bridgehead atoms. The van der Waals surface area contributed by atoms with Crippen molar-refractivity contribution in [3.63, 3.8) is 0 Å². The Morgan fingerprint density at radius 1 is 1.40 bits per heavy atom. The summed E-state index contributed by atoms with van der Waals surface area (Å²) < 4.78 is 0. The first-order chi connectivity index (χ1) is 9.52. The molecule has 1 aromatic carbocycles. The van der Waals surface area contributed by atoms with Crippen molar-refractivity contribution in [3.05, 3.63) is 36.0 Å². The fourth-order valence-corrected chi connectivity index (χ4v) is 1.89. The maximum Gasteiger partial charge on any atom is 0.326 e. The molecule has 1 amide bonds. The molecule has 0 aliphatic carbocycles. The minimum absolute atomic E-state index is 0.112. The normalized spacial score (nSPS) is 12.1. The highest BCUT2D eigenvalue weighted by Gasteiger charge is 2.19. The Hall–Kier alpha value is -2.63. The standard InChI is InChI=1S/C14H15N3O3/c1-2-10(14(19)20)17-13(18)12-7-9(15)8-5-3-4-6-11(8)16-12/h3-7,10H,2H2,1H3,(H2,15,16)(H,17,18)(H,19,20). The largest absolute Gasteiger partial charge is 0.480 e. The Kier molecular flexibility index (Phi) is 3.84. The summed E-state index contributed by atoms with van der Waals surface area (Å²) >= 11 is 0. The molecular formula is C14H15N3O3. The summed E-state index contributed by atoms with van der Waals surface area (Å²) in [5.41, 5.74) is 7.03. The third kappa shape index (κ3) is 2.69. The van der Waals surface area contributed by atoms with Gasteiger partial charge in [-0.2, -0.15) is 0 Å². The molecule has 104 valence electrons. The zero-order valence-electron chi connectivity index (χ0n) is 11.0.